The Labute approximate surface area is 200 Å². The first kappa shape index (κ1) is 21.7. The molecule has 180 valence electrons. The van der Waals surface area contributed by atoms with E-state index in [2.05, 4.69) is 39.6 Å². The lowest BCUT2D eigenvalue weighted by Gasteiger charge is -2.57. The molecule has 7 nitrogen and oxygen atoms in total. The summed E-state index contributed by atoms with van der Waals surface area (Å²) in [6.07, 6.45) is 1.15. The number of β-amino-alcohol motifs (C(OH)–C–C–N with tert-alkyl or cyclic N) is 1. The Morgan fingerprint density at radius 1 is 0.912 bits per heavy atom. The van der Waals surface area contributed by atoms with Crippen LogP contribution in [0.3, 0.4) is 0 Å². The van der Waals surface area contributed by atoms with Gasteiger partial charge < -0.3 is 24.2 Å². The van der Waals surface area contributed by atoms with Crippen LogP contribution in [0, 0.1) is 0 Å². The molecular weight excluding hydrogens is 432 g/mol. The van der Waals surface area contributed by atoms with E-state index in [0.29, 0.717) is 30.1 Å². The molecule has 1 saturated heterocycles. The van der Waals surface area contributed by atoms with Gasteiger partial charge in [0.2, 0.25) is 12.7 Å². The third kappa shape index (κ3) is 2.80. The van der Waals surface area contributed by atoms with Crippen molar-refractivity contribution in [2.75, 3.05) is 31.9 Å². The lowest BCUT2D eigenvalue weighted by molar-refractivity contribution is -0.130. The maximum atomic E-state index is 14.3. The van der Waals surface area contributed by atoms with Crippen LogP contribution in [-0.2, 0) is 10.2 Å². The third-order valence-corrected chi connectivity index (χ3v) is 8.44. The van der Waals surface area contributed by atoms with E-state index in [0.717, 1.165) is 16.8 Å². The molecule has 4 heterocycles. The van der Waals surface area contributed by atoms with Crippen molar-refractivity contribution in [1.29, 1.82) is 0 Å². The van der Waals surface area contributed by atoms with Crippen LogP contribution in [0.25, 0.3) is 0 Å². The lowest BCUT2D eigenvalue weighted by Crippen LogP contribution is -2.66. The van der Waals surface area contributed by atoms with E-state index in [1.54, 1.807) is 4.90 Å². The zero-order valence-corrected chi connectivity index (χ0v) is 20.5. The highest BCUT2D eigenvalue weighted by molar-refractivity contribution is 6.11. The summed E-state index contributed by atoms with van der Waals surface area (Å²) in [5.41, 5.74) is 0.143. The summed E-state index contributed by atoms with van der Waals surface area (Å²) in [7, 11) is 2.11. The van der Waals surface area contributed by atoms with Gasteiger partial charge in [-0.05, 0) is 65.3 Å². The topological polar surface area (TPSA) is 71.5 Å². The summed E-state index contributed by atoms with van der Waals surface area (Å²) in [6, 6.07) is 11.6. The van der Waals surface area contributed by atoms with Crippen molar-refractivity contribution < 1.29 is 24.1 Å². The number of para-hydroxylation sites is 1. The summed E-state index contributed by atoms with van der Waals surface area (Å²) in [4.78, 5) is 18.4. The Hall–Kier alpha value is -2.77. The molecule has 0 saturated carbocycles. The SMILES string of the molecule is CN1C(C)(C)CC(O)(CN2C(=O)C3(COc4cc5c(cc43)OCO5)c3ccccc32)CC1(C)C. The van der Waals surface area contributed by atoms with Gasteiger partial charge in [-0.3, -0.25) is 9.69 Å². The Morgan fingerprint density at radius 2 is 1.56 bits per heavy atom. The molecule has 0 aliphatic carbocycles. The van der Waals surface area contributed by atoms with Crippen molar-refractivity contribution in [3.8, 4) is 17.2 Å². The fourth-order valence-corrected chi connectivity index (χ4v) is 6.86. The van der Waals surface area contributed by atoms with Crippen LogP contribution >= 0.6 is 0 Å². The number of anilines is 1. The highest BCUT2D eigenvalue weighted by Gasteiger charge is 2.59. The first-order valence-corrected chi connectivity index (χ1v) is 11.9. The fourth-order valence-electron chi connectivity index (χ4n) is 6.86. The highest BCUT2D eigenvalue weighted by atomic mass is 16.7. The maximum Gasteiger partial charge on any atom is 0.245 e. The number of benzene rings is 2. The van der Waals surface area contributed by atoms with Gasteiger partial charge in [0.1, 0.15) is 17.8 Å². The van der Waals surface area contributed by atoms with E-state index in [4.69, 9.17) is 14.2 Å². The van der Waals surface area contributed by atoms with Gasteiger partial charge in [-0.15, -0.1) is 0 Å². The Morgan fingerprint density at radius 3 is 2.26 bits per heavy atom. The van der Waals surface area contributed by atoms with Gasteiger partial charge in [-0.25, -0.2) is 0 Å². The Balaban J connectivity index is 1.43. The molecule has 4 aliphatic rings. The Bertz CT molecular complexity index is 1190. The van der Waals surface area contributed by atoms with Gasteiger partial charge in [0.25, 0.3) is 0 Å². The molecule has 1 atom stereocenters. The van der Waals surface area contributed by atoms with Gasteiger partial charge in [-0.1, -0.05) is 18.2 Å². The summed E-state index contributed by atoms with van der Waals surface area (Å²) in [5.74, 6) is 1.85. The van der Waals surface area contributed by atoms with E-state index in [1.807, 2.05) is 36.4 Å². The largest absolute Gasteiger partial charge is 0.491 e. The van der Waals surface area contributed by atoms with Crippen LogP contribution in [0.2, 0.25) is 0 Å². The summed E-state index contributed by atoms with van der Waals surface area (Å²) in [6.45, 7) is 9.25. The van der Waals surface area contributed by atoms with Crippen molar-refractivity contribution in [1.82, 2.24) is 4.90 Å². The minimum atomic E-state index is -1.02. The predicted octanol–water partition coefficient (Wildman–Crippen LogP) is 3.45. The predicted molar refractivity (Wildman–Crippen MR) is 128 cm³/mol. The lowest BCUT2D eigenvalue weighted by atomic mass is 9.71. The van der Waals surface area contributed by atoms with Crippen LogP contribution < -0.4 is 19.1 Å². The van der Waals surface area contributed by atoms with Gasteiger partial charge in [0.05, 0.1) is 12.1 Å². The zero-order valence-electron chi connectivity index (χ0n) is 20.5. The number of nitrogens with zero attached hydrogens (tertiary/aromatic N) is 2. The van der Waals surface area contributed by atoms with E-state index < -0.39 is 11.0 Å². The number of hydrogen-bond donors (Lipinski definition) is 1. The van der Waals surface area contributed by atoms with E-state index in [1.165, 1.54) is 0 Å². The molecule has 2 aromatic carbocycles. The van der Waals surface area contributed by atoms with Crippen LogP contribution in [-0.4, -0.2) is 59.6 Å². The number of hydrogen-bond acceptors (Lipinski definition) is 6. The summed E-state index contributed by atoms with van der Waals surface area (Å²) < 4.78 is 17.2. The van der Waals surface area contributed by atoms with E-state index in [9.17, 15) is 9.90 Å². The molecular formula is C27H32N2O5. The number of ether oxygens (including phenoxy) is 3. The molecule has 2 aromatic rings. The second kappa shape index (κ2) is 6.67. The number of carbonyl (C=O) groups excluding carboxylic acids is 1. The molecule has 1 unspecified atom stereocenters. The number of aliphatic hydroxyl groups is 1. The van der Waals surface area contributed by atoms with Crippen molar-refractivity contribution >= 4 is 11.6 Å². The minimum absolute atomic E-state index is 0.0609. The van der Waals surface area contributed by atoms with Gasteiger partial charge in [0.15, 0.2) is 11.5 Å². The van der Waals surface area contributed by atoms with E-state index >= 15 is 0 Å². The maximum absolute atomic E-state index is 14.3. The molecule has 0 bridgehead atoms. The average Bonchev–Trinajstić information content (AvgIpc) is 3.43. The first-order chi connectivity index (χ1) is 16.0. The summed E-state index contributed by atoms with van der Waals surface area (Å²) in [5, 5.41) is 11.9. The van der Waals surface area contributed by atoms with Crippen molar-refractivity contribution in [2.24, 2.45) is 0 Å². The molecule has 4 aliphatic heterocycles. The normalized spacial score (nSPS) is 27.6. The number of amides is 1. The summed E-state index contributed by atoms with van der Waals surface area (Å²) >= 11 is 0. The van der Waals surface area contributed by atoms with Gasteiger partial charge in [0, 0.05) is 28.4 Å². The number of likely N-dealkylation sites (tertiary alicyclic amines) is 1. The molecule has 1 amide bonds. The molecule has 1 fully saturated rings. The highest BCUT2D eigenvalue weighted by Crippen LogP contribution is 2.55. The molecule has 1 N–H and O–H groups in total. The molecule has 6 rings (SSSR count). The minimum Gasteiger partial charge on any atom is -0.491 e. The van der Waals surface area contributed by atoms with Crippen LogP contribution in [0.15, 0.2) is 36.4 Å². The molecule has 0 radical (unpaired) electrons. The average molecular weight is 465 g/mol. The number of piperidine rings is 1. The Kier molecular flexibility index (Phi) is 4.27. The monoisotopic (exact) mass is 464 g/mol. The zero-order chi connectivity index (χ0) is 24.1. The van der Waals surface area contributed by atoms with Crippen molar-refractivity contribution in [3.63, 3.8) is 0 Å². The standard InChI is InChI=1S/C27H32N2O5/c1-24(2)12-26(31,13-25(3,4)28(24)5)14-29-19-9-7-6-8-17(19)27(23(29)30)15-32-20-11-22-21(10-18(20)27)33-16-34-22/h6-11,31H,12-16H2,1-5H3. The number of carbonyl (C=O) groups is 1. The second-order valence-corrected chi connectivity index (χ2v) is 11.6. The number of fused-ring (bicyclic) bond motifs is 5. The smallest absolute Gasteiger partial charge is 0.245 e. The van der Waals surface area contributed by atoms with Crippen LogP contribution in [0.1, 0.15) is 51.7 Å². The van der Waals surface area contributed by atoms with Crippen molar-refractivity contribution in [3.05, 3.63) is 47.5 Å². The quantitative estimate of drug-likeness (QED) is 0.734. The molecule has 7 heteroatoms. The molecule has 1 spiro atoms. The van der Waals surface area contributed by atoms with Crippen molar-refractivity contribution in [2.45, 2.75) is 62.6 Å². The molecule has 0 aromatic heterocycles. The molecule has 34 heavy (non-hydrogen) atoms. The van der Waals surface area contributed by atoms with Crippen LogP contribution in [0.5, 0.6) is 17.2 Å². The van der Waals surface area contributed by atoms with Gasteiger partial charge >= 0.3 is 0 Å². The number of rotatable bonds is 2. The van der Waals surface area contributed by atoms with E-state index in [-0.39, 0.29) is 36.9 Å². The van der Waals surface area contributed by atoms with Gasteiger partial charge in [-0.2, -0.15) is 0 Å². The van der Waals surface area contributed by atoms with Crippen LogP contribution in [0.4, 0.5) is 5.69 Å². The second-order valence-electron chi connectivity index (χ2n) is 11.6. The first-order valence-electron chi connectivity index (χ1n) is 11.9. The third-order valence-electron chi connectivity index (χ3n) is 8.44. The fraction of sp³-hybridized carbons (Fsp3) is 0.519.